The predicted molar refractivity (Wildman–Crippen MR) is 190 cm³/mol. The summed E-state index contributed by atoms with van der Waals surface area (Å²) in [6.07, 6.45) is 1.22. The zero-order valence-corrected chi connectivity index (χ0v) is 30.3. The monoisotopic (exact) mass is 796 g/mol. The second kappa shape index (κ2) is 15.0. The summed E-state index contributed by atoms with van der Waals surface area (Å²) in [5, 5.41) is 12.6. The summed E-state index contributed by atoms with van der Waals surface area (Å²) in [7, 11) is -2.82. The molecule has 1 aromatic heterocycles. The fourth-order valence-corrected chi connectivity index (χ4v) is 7.67. The van der Waals surface area contributed by atoms with Gasteiger partial charge in [-0.25, -0.2) is 8.42 Å². The van der Waals surface area contributed by atoms with Crippen molar-refractivity contribution < 1.29 is 46.4 Å². The number of sulfonamides is 1. The number of ether oxygens (including phenoxy) is 2. The predicted octanol–water partition coefficient (Wildman–Crippen LogP) is 3.50. The van der Waals surface area contributed by atoms with Crippen LogP contribution in [0.2, 0.25) is 0 Å². The summed E-state index contributed by atoms with van der Waals surface area (Å²) in [6, 6.07) is 11.3. The second-order valence-electron chi connectivity index (χ2n) is 12.0. The second-order valence-corrected chi connectivity index (χ2v) is 14.5. The number of benzene rings is 3. The van der Waals surface area contributed by atoms with Crippen LogP contribution in [-0.2, 0) is 24.4 Å². The van der Waals surface area contributed by atoms with Gasteiger partial charge in [-0.2, -0.15) is 0 Å². The van der Waals surface area contributed by atoms with Crippen LogP contribution in [0.4, 0.5) is 11.4 Å². The molecule has 6 rings (SSSR count). The smallest absolute Gasteiger partial charge is 0.265 e. The fourth-order valence-electron chi connectivity index (χ4n) is 5.90. The third-order valence-corrected chi connectivity index (χ3v) is 10.4. The van der Waals surface area contributed by atoms with Crippen molar-refractivity contribution in [2.24, 2.45) is 0 Å². The first-order valence-corrected chi connectivity index (χ1v) is 18.4. The van der Waals surface area contributed by atoms with Gasteiger partial charge in [-0.05, 0) is 62.6 Å². The van der Waals surface area contributed by atoms with Crippen molar-refractivity contribution in [2.45, 2.75) is 43.5 Å². The van der Waals surface area contributed by atoms with E-state index < -0.39 is 52.2 Å². The molecule has 3 heterocycles. The molecule has 1 unspecified atom stereocenters. The lowest BCUT2D eigenvalue weighted by Crippen LogP contribution is -2.54. The lowest BCUT2D eigenvalue weighted by atomic mass is 10.0. The van der Waals surface area contributed by atoms with Gasteiger partial charge < -0.3 is 24.6 Å². The summed E-state index contributed by atoms with van der Waals surface area (Å²) < 4.78 is 46.3. The van der Waals surface area contributed by atoms with Gasteiger partial charge in [-0.1, -0.05) is 27.2 Å². The molecule has 2 aliphatic heterocycles. The van der Waals surface area contributed by atoms with E-state index in [0.717, 1.165) is 4.90 Å². The number of hydrogen-bond acceptors (Lipinski definition) is 12. The highest BCUT2D eigenvalue weighted by Gasteiger charge is 2.45. The summed E-state index contributed by atoms with van der Waals surface area (Å²) in [6.45, 7) is 1.98. The Hall–Kier alpha value is -5.49. The van der Waals surface area contributed by atoms with Crippen molar-refractivity contribution in [3.8, 4) is 11.5 Å². The summed E-state index contributed by atoms with van der Waals surface area (Å²) in [4.78, 5) is 63.8. The van der Waals surface area contributed by atoms with Crippen molar-refractivity contribution in [3.63, 3.8) is 0 Å². The first-order chi connectivity index (χ1) is 24.9. The quantitative estimate of drug-likeness (QED) is 0.107. The molecular formula is C34H33BrN6O10S. The highest BCUT2D eigenvalue weighted by Crippen LogP contribution is 2.36. The molecule has 0 radical (unpaired) electrons. The summed E-state index contributed by atoms with van der Waals surface area (Å²) in [5.74, 6) is -2.61. The molecule has 52 heavy (non-hydrogen) atoms. The molecule has 1 fully saturated rings. The van der Waals surface area contributed by atoms with Gasteiger partial charge in [0.25, 0.3) is 27.7 Å². The van der Waals surface area contributed by atoms with Gasteiger partial charge in [-0.15, -0.1) is 0 Å². The Balaban J connectivity index is 1.02. The molecule has 18 heteroatoms. The molecule has 16 nitrogen and oxygen atoms in total. The molecule has 2 aliphatic rings. The highest BCUT2D eigenvalue weighted by molar-refractivity contribution is 9.10. The first kappa shape index (κ1) is 36.3. The zero-order chi connectivity index (χ0) is 37.2. The Morgan fingerprint density at radius 1 is 1.04 bits per heavy atom. The Morgan fingerprint density at radius 2 is 1.83 bits per heavy atom. The number of nitrogens with one attached hydrogen (secondary N) is 4. The van der Waals surface area contributed by atoms with E-state index in [4.69, 9.17) is 14.0 Å². The molecule has 4 N–H and O–H groups in total. The SMILES string of the molecule is COc1ccc(Br)cc1S(=O)(=O)Nc1cc2c(C)noc2cc1OCC(=O)NCCCCNc1cccc2c1C(=O)N(C1CCC(=O)NC1=O)C2=O. The van der Waals surface area contributed by atoms with Crippen LogP contribution in [0, 0.1) is 6.92 Å². The number of unbranched alkanes of at least 4 members (excludes halogenated alkanes) is 1. The molecule has 5 amide bonds. The number of amides is 5. The van der Waals surface area contributed by atoms with Crippen LogP contribution >= 0.6 is 15.9 Å². The number of nitrogens with zero attached hydrogens (tertiary/aromatic N) is 2. The number of fused-ring (bicyclic) bond motifs is 2. The van der Waals surface area contributed by atoms with E-state index in [9.17, 15) is 32.4 Å². The molecule has 0 aliphatic carbocycles. The molecule has 1 saturated heterocycles. The molecule has 1 atom stereocenters. The van der Waals surface area contributed by atoms with E-state index >= 15 is 0 Å². The zero-order valence-electron chi connectivity index (χ0n) is 27.9. The van der Waals surface area contributed by atoms with Crippen molar-refractivity contribution in [3.05, 3.63) is 69.8 Å². The van der Waals surface area contributed by atoms with Gasteiger partial charge in [0, 0.05) is 41.1 Å². The van der Waals surface area contributed by atoms with Crippen molar-refractivity contribution >= 4 is 77.8 Å². The van der Waals surface area contributed by atoms with Crippen LogP contribution < -0.4 is 30.1 Å². The van der Waals surface area contributed by atoms with Gasteiger partial charge >= 0.3 is 0 Å². The molecule has 0 saturated carbocycles. The Kier molecular flexibility index (Phi) is 10.5. The van der Waals surface area contributed by atoms with Crippen molar-refractivity contribution in [2.75, 3.05) is 36.8 Å². The number of rotatable bonds is 14. The number of carbonyl (C=O) groups excluding carboxylic acids is 5. The van der Waals surface area contributed by atoms with E-state index in [1.165, 1.54) is 37.4 Å². The van der Waals surface area contributed by atoms with Gasteiger partial charge in [0.05, 0.1) is 29.6 Å². The third kappa shape index (κ3) is 7.43. The summed E-state index contributed by atoms with van der Waals surface area (Å²) >= 11 is 3.29. The van der Waals surface area contributed by atoms with Crippen LogP contribution in [0.15, 0.2) is 62.4 Å². The van der Waals surface area contributed by atoms with Crippen LogP contribution in [0.1, 0.15) is 52.1 Å². The fraction of sp³-hybridized carbons (Fsp3) is 0.294. The number of methoxy groups -OCH3 is 1. The van der Waals surface area contributed by atoms with Crippen molar-refractivity contribution in [1.29, 1.82) is 0 Å². The minimum atomic E-state index is -4.18. The van der Waals surface area contributed by atoms with Gasteiger partial charge in [0.1, 0.15) is 22.4 Å². The van der Waals surface area contributed by atoms with Crippen molar-refractivity contribution in [1.82, 2.24) is 20.7 Å². The maximum atomic E-state index is 13.4. The number of hydrogen-bond donors (Lipinski definition) is 4. The standard InChI is InChI=1S/C34H33BrN6O10S/c1-18-21-15-23(40-52(47,48)28-14-19(35)8-10-25(28)49-2)27(16-26(21)51-39-18)50-17-30(43)37-13-4-3-12-36-22-7-5-6-20-31(22)34(46)41(33(20)45)24-9-11-29(42)38-32(24)44/h5-8,10,14-16,24,36,40H,3-4,9,11-13,17H2,1-2H3,(H,37,43)(H,38,42,44). The lowest BCUT2D eigenvalue weighted by Gasteiger charge is -2.27. The van der Waals surface area contributed by atoms with Crippen LogP contribution in [0.3, 0.4) is 0 Å². The molecule has 3 aromatic carbocycles. The number of piperidine rings is 1. The lowest BCUT2D eigenvalue weighted by molar-refractivity contribution is -0.136. The van der Waals surface area contributed by atoms with Crippen LogP contribution in [0.25, 0.3) is 11.0 Å². The number of aryl methyl sites for hydroxylation is 1. The molecule has 0 bridgehead atoms. The number of aromatic nitrogens is 1. The normalized spacial score (nSPS) is 15.8. The largest absolute Gasteiger partial charge is 0.495 e. The van der Waals surface area contributed by atoms with Gasteiger partial charge in [-0.3, -0.25) is 38.9 Å². The average Bonchev–Trinajstić information content (AvgIpc) is 3.59. The topological polar surface area (TPSA) is 215 Å². The van der Waals surface area contributed by atoms with E-state index in [1.807, 2.05) is 0 Å². The molecule has 0 spiro atoms. The summed E-state index contributed by atoms with van der Waals surface area (Å²) in [5.41, 5.74) is 1.70. The number of anilines is 2. The maximum absolute atomic E-state index is 13.4. The number of halogens is 1. The first-order valence-electron chi connectivity index (χ1n) is 16.1. The minimum absolute atomic E-state index is 0.0293. The number of carbonyl (C=O) groups is 5. The van der Waals surface area contributed by atoms with E-state index in [2.05, 4.69) is 41.8 Å². The minimum Gasteiger partial charge on any atom is -0.495 e. The van der Waals surface area contributed by atoms with Gasteiger partial charge in [0.15, 0.2) is 12.2 Å². The van der Waals surface area contributed by atoms with E-state index in [1.54, 1.807) is 25.1 Å². The third-order valence-electron chi connectivity index (χ3n) is 8.48. The molecular weight excluding hydrogens is 764 g/mol. The maximum Gasteiger partial charge on any atom is 0.265 e. The number of imide groups is 2. The Labute approximate surface area is 305 Å². The Morgan fingerprint density at radius 3 is 2.60 bits per heavy atom. The van der Waals surface area contributed by atoms with Crippen LogP contribution in [-0.4, -0.2) is 80.9 Å². The van der Waals surface area contributed by atoms with E-state index in [-0.39, 0.29) is 46.1 Å². The molecule has 4 aromatic rings. The van der Waals surface area contributed by atoms with Gasteiger partial charge in [0.2, 0.25) is 11.8 Å². The Bertz CT molecular complexity index is 2220. The average molecular weight is 798 g/mol. The highest BCUT2D eigenvalue weighted by atomic mass is 79.9. The van der Waals surface area contributed by atoms with Crippen LogP contribution in [0.5, 0.6) is 11.5 Å². The van der Waals surface area contributed by atoms with E-state index in [0.29, 0.717) is 52.8 Å². The molecule has 272 valence electrons.